The predicted octanol–water partition coefficient (Wildman–Crippen LogP) is 1.57. The minimum atomic E-state index is -0.0926. The number of aryl methyl sites for hydroxylation is 1. The van der Waals surface area contributed by atoms with Crippen LogP contribution in [0.2, 0.25) is 0 Å². The second kappa shape index (κ2) is 8.62. The van der Waals surface area contributed by atoms with Gasteiger partial charge in [-0.25, -0.2) is 4.98 Å². The van der Waals surface area contributed by atoms with Gasteiger partial charge in [0.15, 0.2) is 0 Å². The van der Waals surface area contributed by atoms with E-state index < -0.39 is 0 Å². The van der Waals surface area contributed by atoms with Crippen molar-refractivity contribution in [1.82, 2.24) is 15.2 Å². The zero-order chi connectivity index (χ0) is 16.7. The highest BCUT2D eigenvalue weighted by Crippen LogP contribution is 2.18. The fraction of sp³-hybridized carbons (Fsp3) is 0.588. The van der Waals surface area contributed by atoms with Crippen LogP contribution in [-0.4, -0.2) is 47.9 Å². The summed E-state index contributed by atoms with van der Waals surface area (Å²) in [7, 11) is 0. The number of anilines is 1. The third-order valence-corrected chi connectivity index (χ3v) is 3.96. The van der Waals surface area contributed by atoms with E-state index in [4.69, 9.17) is 0 Å². The van der Waals surface area contributed by atoms with E-state index in [0.717, 1.165) is 31.5 Å². The Morgan fingerprint density at radius 3 is 2.96 bits per heavy atom. The van der Waals surface area contributed by atoms with Gasteiger partial charge in [-0.05, 0) is 44.9 Å². The highest BCUT2D eigenvalue weighted by atomic mass is 16.2. The number of carbonyl (C=O) groups excluding carboxylic acids is 2. The molecule has 1 saturated heterocycles. The van der Waals surface area contributed by atoms with Gasteiger partial charge in [-0.1, -0.05) is 13.0 Å². The standard InChI is InChI=1S/C17H26N4O2/c1-3-9-18-16(22)12-21-10-5-7-14(11-21)17(23)20-15-8-4-6-13(2)19-15/h4,6,8,14H,3,5,7,9-12H2,1-2H3,(H,18,22)(H,19,20,23). The molecule has 1 aliphatic heterocycles. The van der Waals surface area contributed by atoms with E-state index >= 15 is 0 Å². The van der Waals surface area contributed by atoms with Crippen LogP contribution in [-0.2, 0) is 9.59 Å². The molecule has 2 amide bonds. The molecular formula is C17H26N4O2. The molecule has 1 unspecified atom stereocenters. The topological polar surface area (TPSA) is 74.3 Å². The van der Waals surface area contributed by atoms with Gasteiger partial charge in [0.1, 0.15) is 5.82 Å². The third-order valence-electron chi connectivity index (χ3n) is 3.96. The largest absolute Gasteiger partial charge is 0.355 e. The number of rotatable bonds is 6. The van der Waals surface area contributed by atoms with Crippen LogP contribution in [0.15, 0.2) is 18.2 Å². The first-order valence-corrected chi connectivity index (χ1v) is 8.32. The summed E-state index contributed by atoms with van der Waals surface area (Å²) >= 11 is 0. The molecule has 6 heteroatoms. The minimum absolute atomic E-state index is 0.0123. The summed E-state index contributed by atoms with van der Waals surface area (Å²) in [5.74, 6) is 0.521. The van der Waals surface area contributed by atoms with Crippen molar-refractivity contribution < 1.29 is 9.59 Å². The van der Waals surface area contributed by atoms with Gasteiger partial charge in [-0.3, -0.25) is 14.5 Å². The fourth-order valence-electron chi connectivity index (χ4n) is 2.78. The quantitative estimate of drug-likeness (QED) is 0.835. The van der Waals surface area contributed by atoms with E-state index in [1.807, 2.05) is 26.0 Å². The number of hydrogen-bond acceptors (Lipinski definition) is 4. The molecule has 126 valence electrons. The van der Waals surface area contributed by atoms with E-state index in [0.29, 0.717) is 25.5 Å². The van der Waals surface area contributed by atoms with Crippen molar-refractivity contribution >= 4 is 17.6 Å². The van der Waals surface area contributed by atoms with Crippen molar-refractivity contribution in [2.75, 3.05) is 31.5 Å². The molecular weight excluding hydrogens is 292 g/mol. The van der Waals surface area contributed by atoms with Gasteiger partial charge < -0.3 is 10.6 Å². The van der Waals surface area contributed by atoms with Crippen molar-refractivity contribution in [1.29, 1.82) is 0 Å². The van der Waals surface area contributed by atoms with Gasteiger partial charge in [0.2, 0.25) is 11.8 Å². The summed E-state index contributed by atoms with van der Waals surface area (Å²) in [5.41, 5.74) is 0.876. The summed E-state index contributed by atoms with van der Waals surface area (Å²) in [6, 6.07) is 5.57. The second-order valence-electron chi connectivity index (χ2n) is 6.08. The number of nitrogens with zero attached hydrogens (tertiary/aromatic N) is 2. The van der Waals surface area contributed by atoms with Gasteiger partial charge >= 0.3 is 0 Å². The van der Waals surface area contributed by atoms with E-state index in [9.17, 15) is 9.59 Å². The fourth-order valence-corrected chi connectivity index (χ4v) is 2.78. The summed E-state index contributed by atoms with van der Waals surface area (Å²) in [6.45, 7) is 6.49. The molecule has 0 bridgehead atoms. The first-order chi connectivity index (χ1) is 11.1. The van der Waals surface area contributed by atoms with Gasteiger partial charge in [-0.15, -0.1) is 0 Å². The summed E-state index contributed by atoms with van der Waals surface area (Å²) < 4.78 is 0. The molecule has 0 aromatic carbocycles. The Labute approximate surface area is 137 Å². The molecule has 0 aliphatic carbocycles. The summed E-state index contributed by atoms with van der Waals surface area (Å²) in [4.78, 5) is 30.6. The number of likely N-dealkylation sites (tertiary alicyclic amines) is 1. The maximum Gasteiger partial charge on any atom is 0.234 e. The maximum atomic E-state index is 12.4. The lowest BCUT2D eigenvalue weighted by molar-refractivity contribution is -0.125. The van der Waals surface area contributed by atoms with E-state index in [-0.39, 0.29) is 17.7 Å². The number of aromatic nitrogens is 1. The lowest BCUT2D eigenvalue weighted by Crippen LogP contribution is -2.45. The number of piperidine rings is 1. The van der Waals surface area contributed by atoms with Crippen LogP contribution in [0.4, 0.5) is 5.82 Å². The van der Waals surface area contributed by atoms with Crippen LogP contribution in [0, 0.1) is 12.8 Å². The Morgan fingerprint density at radius 2 is 2.22 bits per heavy atom. The van der Waals surface area contributed by atoms with Crippen LogP contribution in [0.1, 0.15) is 31.9 Å². The van der Waals surface area contributed by atoms with Gasteiger partial charge in [0.25, 0.3) is 0 Å². The molecule has 1 aromatic rings. The maximum absolute atomic E-state index is 12.4. The average molecular weight is 318 g/mol. The normalized spacial score (nSPS) is 18.4. The van der Waals surface area contributed by atoms with Crippen LogP contribution >= 0.6 is 0 Å². The molecule has 1 fully saturated rings. The third kappa shape index (κ3) is 5.63. The zero-order valence-electron chi connectivity index (χ0n) is 14.0. The Balaban J connectivity index is 1.85. The number of hydrogen-bond donors (Lipinski definition) is 2. The minimum Gasteiger partial charge on any atom is -0.355 e. The summed E-state index contributed by atoms with van der Waals surface area (Å²) in [5, 5.41) is 5.76. The summed E-state index contributed by atoms with van der Waals surface area (Å²) in [6.07, 6.45) is 2.71. The molecule has 1 aromatic heterocycles. The number of nitrogens with one attached hydrogen (secondary N) is 2. The second-order valence-corrected chi connectivity index (χ2v) is 6.08. The van der Waals surface area contributed by atoms with Crippen molar-refractivity contribution in [3.8, 4) is 0 Å². The van der Waals surface area contributed by atoms with Crippen LogP contribution in [0.3, 0.4) is 0 Å². The Hall–Kier alpha value is -1.95. The molecule has 2 heterocycles. The number of pyridine rings is 1. The van der Waals surface area contributed by atoms with Crippen molar-refractivity contribution in [2.24, 2.45) is 5.92 Å². The van der Waals surface area contributed by atoms with Crippen LogP contribution in [0.25, 0.3) is 0 Å². The Morgan fingerprint density at radius 1 is 1.39 bits per heavy atom. The molecule has 0 spiro atoms. The van der Waals surface area contributed by atoms with Gasteiger partial charge in [-0.2, -0.15) is 0 Å². The number of carbonyl (C=O) groups is 2. The number of amides is 2. The first kappa shape index (κ1) is 17.4. The zero-order valence-corrected chi connectivity index (χ0v) is 14.0. The molecule has 23 heavy (non-hydrogen) atoms. The lowest BCUT2D eigenvalue weighted by atomic mass is 9.97. The van der Waals surface area contributed by atoms with Crippen molar-refractivity contribution in [3.63, 3.8) is 0 Å². The van der Waals surface area contributed by atoms with Crippen molar-refractivity contribution in [3.05, 3.63) is 23.9 Å². The lowest BCUT2D eigenvalue weighted by Gasteiger charge is -2.31. The van der Waals surface area contributed by atoms with Crippen molar-refractivity contribution in [2.45, 2.75) is 33.1 Å². The molecule has 1 atom stereocenters. The highest BCUT2D eigenvalue weighted by Gasteiger charge is 2.27. The molecule has 0 radical (unpaired) electrons. The SMILES string of the molecule is CCCNC(=O)CN1CCCC(C(=O)Nc2cccc(C)n2)C1. The highest BCUT2D eigenvalue weighted by molar-refractivity contribution is 5.92. The molecule has 6 nitrogen and oxygen atoms in total. The Kier molecular flexibility index (Phi) is 6.52. The molecule has 2 rings (SSSR count). The van der Waals surface area contributed by atoms with Crippen LogP contribution < -0.4 is 10.6 Å². The predicted molar refractivity (Wildman–Crippen MR) is 90.1 cm³/mol. The molecule has 2 N–H and O–H groups in total. The van der Waals surface area contributed by atoms with E-state index in [1.165, 1.54) is 0 Å². The average Bonchev–Trinajstić information content (AvgIpc) is 2.53. The van der Waals surface area contributed by atoms with Crippen LogP contribution in [0.5, 0.6) is 0 Å². The smallest absolute Gasteiger partial charge is 0.234 e. The van der Waals surface area contributed by atoms with Gasteiger partial charge in [0, 0.05) is 18.8 Å². The Bertz CT molecular complexity index is 547. The van der Waals surface area contributed by atoms with E-state index in [2.05, 4.69) is 20.5 Å². The molecule has 0 saturated carbocycles. The first-order valence-electron chi connectivity index (χ1n) is 8.32. The van der Waals surface area contributed by atoms with E-state index in [1.54, 1.807) is 6.07 Å². The molecule has 1 aliphatic rings. The monoisotopic (exact) mass is 318 g/mol. The van der Waals surface area contributed by atoms with Gasteiger partial charge in [0.05, 0.1) is 12.5 Å².